The molecule has 0 radical (unpaired) electrons. The van der Waals surface area contributed by atoms with Crippen molar-refractivity contribution in [1.29, 1.82) is 0 Å². The van der Waals surface area contributed by atoms with Crippen molar-refractivity contribution in [3.05, 3.63) is 48.2 Å². The second-order valence-corrected chi connectivity index (χ2v) is 8.51. The summed E-state index contributed by atoms with van der Waals surface area (Å²) in [6, 6.07) is 5.84. The van der Waals surface area contributed by atoms with Gasteiger partial charge < -0.3 is 24.1 Å². The maximum Gasteiger partial charge on any atom is 0.203 e. The highest BCUT2D eigenvalue weighted by Crippen LogP contribution is 2.41. The van der Waals surface area contributed by atoms with Crippen LogP contribution in [0.4, 0.5) is 11.6 Å². The number of methoxy groups -OCH3 is 3. The van der Waals surface area contributed by atoms with Crippen molar-refractivity contribution in [3.63, 3.8) is 0 Å². The summed E-state index contributed by atoms with van der Waals surface area (Å²) in [5.41, 5.74) is 3.99. The number of rotatable bonds is 8. The molecule has 3 heterocycles. The summed E-state index contributed by atoms with van der Waals surface area (Å²) in [4.78, 5) is 9.48. The van der Waals surface area contributed by atoms with Crippen molar-refractivity contribution < 1.29 is 14.2 Å². The Balaban J connectivity index is 1.51. The van der Waals surface area contributed by atoms with Crippen LogP contribution < -0.4 is 19.5 Å². The van der Waals surface area contributed by atoms with Crippen LogP contribution >= 0.6 is 0 Å². The molecule has 33 heavy (non-hydrogen) atoms. The molecule has 1 aromatic carbocycles. The molecule has 172 valence electrons. The van der Waals surface area contributed by atoms with Gasteiger partial charge >= 0.3 is 0 Å². The fourth-order valence-corrected chi connectivity index (χ4v) is 3.96. The minimum atomic E-state index is 0.344. The largest absolute Gasteiger partial charge is 0.493 e. The molecule has 4 aromatic rings. The quantitative estimate of drug-likeness (QED) is 0.418. The summed E-state index contributed by atoms with van der Waals surface area (Å²) in [6.07, 6.45) is 7.93. The number of nitrogens with zero attached hydrogens (tertiary/aromatic N) is 5. The zero-order valence-electron chi connectivity index (χ0n) is 19.5. The summed E-state index contributed by atoms with van der Waals surface area (Å²) in [5, 5.41) is 8.03. The maximum atomic E-state index is 5.48. The monoisotopic (exact) mass is 448 g/mol. The first kappa shape index (κ1) is 21.1. The lowest BCUT2D eigenvalue weighted by atomic mass is 10.1. The SMILES string of the molecule is COc1cc(-n2cnc(Nc3cc(C4CC4)nc4c(C(C)C)cnn34)c2)cc(OC)c1OC. The zero-order chi connectivity index (χ0) is 23.1. The third-order valence-corrected chi connectivity index (χ3v) is 5.92. The zero-order valence-corrected chi connectivity index (χ0v) is 19.5. The fourth-order valence-electron chi connectivity index (χ4n) is 3.96. The third kappa shape index (κ3) is 3.83. The van der Waals surface area contributed by atoms with E-state index < -0.39 is 0 Å². The topological polar surface area (TPSA) is 87.7 Å². The summed E-state index contributed by atoms with van der Waals surface area (Å²) in [6.45, 7) is 4.32. The number of anilines is 2. The van der Waals surface area contributed by atoms with Crippen LogP contribution in [0.2, 0.25) is 0 Å². The third-order valence-electron chi connectivity index (χ3n) is 5.92. The lowest BCUT2D eigenvalue weighted by Crippen LogP contribution is -2.04. The van der Waals surface area contributed by atoms with Gasteiger partial charge in [-0.15, -0.1) is 0 Å². The van der Waals surface area contributed by atoms with E-state index in [9.17, 15) is 0 Å². The number of hydrogen-bond donors (Lipinski definition) is 1. The molecule has 1 N–H and O–H groups in total. The molecular weight excluding hydrogens is 420 g/mol. The minimum absolute atomic E-state index is 0.344. The fraction of sp³-hybridized carbons (Fsp3) is 0.375. The number of benzene rings is 1. The first-order valence-corrected chi connectivity index (χ1v) is 11.0. The van der Waals surface area contributed by atoms with Gasteiger partial charge in [-0.2, -0.15) is 9.61 Å². The van der Waals surface area contributed by atoms with Gasteiger partial charge in [0.2, 0.25) is 5.75 Å². The van der Waals surface area contributed by atoms with E-state index in [4.69, 9.17) is 19.2 Å². The van der Waals surface area contributed by atoms with Crippen LogP contribution in [0.5, 0.6) is 17.2 Å². The molecule has 9 heteroatoms. The van der Waals surface area contributed by atoms with Gasteiger partial charge in [-0.05, 0) is 18.8 Å². The second-order valence-electron chi connectivity index (χ2n) is 8.51. The van der Waals surface area contributed by atoms with Gasteiger partial charge in [0.1, 0.15) is 18.0 Å². The second kappa shape index (κ2) is 8.31. The smallest absolute Gasteiger partial charge is 0.203 e. The number of fused-ring (bicyclic) bond motifs is 1. The van der Waals surface area contributed by atoms with Crippen molar-refractivity contribution >= 4 is 17.3 Å². The van der Waals surface area contributed by atoms with Crippen LogP contribution in [0.25, 0.3) is 11.3 Å². The van der Waals surface area contributed by atoms with E-state index in [0.717, 1.165) is 28.4 Å². The van der Waals surface area contributed by atoms with Crippen LogP contribution in [0.15, 0.2) is 36.9 Å². The van der Waals surface area contributed by atoms with Crippen LogP contribution in [0, 0.1) is 0 Å². The van der Waals surface area contributed by atoms with E-state index in [2.05, 4.69) is 35.3 Å². The molecule has 0 aliphatic heterocycles. The standard InChI is InChI=1S/C24H28N6O3/c1-14(2)17-11-26-30-22(10-18(15-6-7-15)27-24(17)30)28-21-12-29(13-25-21)16-8-19(31-3)23(33-5)20(9-16)32-4/h8-15,28H,6-7H2,1-5H3. The Morgan fingerprint density at radius 1 is 1.03 bits per heavy atom. The number of imidazole rings is 1. The number of hydrogen-bond acceptors (Lipinski definition) is 7. The van der Waals surface area contributed by atoms with Crippen LogP contribution in [-0.4, -0.2) is 45.5 Å². The Morgan fingerprint density at radius 2 is 1.76 bits per heavy atom. The van der Waals surface area contributed by atoms with Crippen LogP contribution in [0.3, 0.4) is 0 Å². The average molecular weight is 449 g/mol. The summed E-state index contributed by atoms with van der Waals surface area (Å²) < 4.78 is 20.1. The molecule has 1 saturated carbocycles. The molecule has 0 saturated heterocycles. The van der Waals surface area contributed by atoms with E-state index in [1.807, 2.05) is 33.6 Å². The Labute approximate surface area is 192 Å². The van der Waals surface area contributed by atoms with Crippen molar-refractivity contribution in [1.82, 2.24) is 24.1 Å². The summed E-state index contributed by atoms with van der Waals surface area (Å²) >= 11 is 0. The lowest BCUT2D eigenvalue weighted by molar-refractivity contribution is 0.324. The number of nitrogens with one attached hydrogen (secondary N) is 1. The van der Waals surface area contributed by atoms with Crippen molar-refractivity contribution in [2.45, 2.75) is 38.5 Å². The highest BCUT2D eigenvalue weighted by molar-refractivity contribution is 5.62. The van der Waals surface area contributed by atoms with E-state index in [1.54, 1.807) is 27.7 Å². The Bertz CT molecular complexity index is 1280. The van der Waals surface area contributed by atoms with Crippen molar-refractivity contribution in [2.75, 3.05) is 26.6 Å². The van der Waals surface area contributed by atoms with Crippen LogP contribution in [-0.2, 0) is 0 Å². The van der Waals surface area contributed by atoms with Crippen molar-refractivity contribution in [2.24, 2.45) is 0 Å². The van der Waals surface area contributed by atoms with Gasteiger partial charge in [0.15, 0.2) is 17.1 Å². The lowest BCUT2D eigenvalue weighted by Gasteiger charge is -2.14. The molecule has 0 amide bonds. The molecule has 0 atom stereocenters. The highest BCUT2D eigenvalue weighted by Gasteiger charge is 2.27. The summed E-state index contributed by atoms with van der Waals surface area (Å²) in [5.74, 6) is 4.13. The Kier molecular flexibility index (Phi) is 5.32. The molecule has 9 nitrogen and oxygen atoms in total. The Hall–Kier alpha value is -3.75. The first-order chi connectivity index (χ1) is 16.0. The van der Waals surface area contributed by atoms with Gasteiger partial charge in [0.25, 0.3) is 0 Å². The van der Waals surface area contributed by atoms with Crippen LogP contribution in [0.1, 0.15) is 49.8 Å². The van der Waals surface area contributed by atoms with Crippen molar-refractivity contribution in [3.8, 4) is 22.9 Å². The van der Waals surface area contributed by atoms with Gasteiger partial charge in [-0.1, -0.05) is 13.8 Å². The van der Waals surface area contributed by atoms with Gasteiger partial charge in [-0.25, -0.2) is 9.97 Å². The minimum Gasteiger partial charge on any atom is -0.493 e. The Morgan fingerprint density at radius 3 is 2.36 bits per heavy atom. The molecule has 0 bridgehead atoms. The average Bonchev–Trinajstić information content (AvgIpc) is 3.41. The highest BCUT2D eigenvalue weighted by atomic mass is 16.5. The molecule has 0 spiro atoms. The predicted molar refractivity (Wildman–Crippen MR) is 126 cm³/mol. The molecule has 5 rings (SSSR count). The molecule has 3 aromatic heterocycles. The van der Waals surface area contributed by atoms with Gasteiger partial charge in [-0.3, -0.25) is 0 Å². The normalized spacial score (nSPS) is 13.5. The molecule has 1 aliphatic rings. The van der Waals surface area contributed by atoms with E-state index in [-0.39, 0.29) is 0 Å². The predicted octanol–water partition coefficient (Wildman–Crippen LogP) is 4.69. The van der Waals surface area contributed by atoms with E-state index in [1.165, 1.54) is 12.8 Å². The van der Waals surface area contributed by atoms with Gasteiger partial charge in [0, 0.05) is 35.4 Å². The maximum absolute atomic E-state index is 5.48. The molecular formula is C24H28N6O3. The molecule has 1 fully saturated rings. The van der Waals surface area contributed by atoms with E-state index in [0.29, 0.717) is 34.9 Å². The first-order valence-electron chi connectivity index (χ1n) is 11.0. The number of aromatic nitrogens is 5. The van der Waals surface area contributed by atoms with Gasteiger partial charge in [0.05, 0.1) is 39.4 Å². The summed E-state index contributed by atoms with van der Waals surface area (Å²) in [7, 11) is 4.79. The number of ether oxygens (including phenoxy) is 3. The molecule has 1 aliphatic carbocycles. The molecule has 0 unspecified atom stereocenters. The van der Waals surface area contributed by atoms with E-state index >= 15 is 0 Å².